The maximum atomic E-state index is 9.31. The van der Waals surface area contributed by atoms with Crippen LogP contribution in [0.25, 0.3) is 0 Å². The van der Waals surface area contributed by atoms with E-state index < -0.39 is 0 Å². The molecule has 0 aliphatic carbocycles. The molecule has 0 saturated carbocycles. The van der Waals surface area contributed by atoms with E-state index in [1.165, 1.54) is 0 Å². The largest absolute Gasteiger partial charge is 0.507 e. The van der Waals surface area contributed by atoms with Crippen molar-refractivity contribution in [2.24, 2.45) is 5.10 Å². The molecule has 0 heterocycles. The summed E-state index contributed by atoms with van der Waals surface area (Å²) in [5.41, 5.74) is 0.728. The van der Waals surface area contributed by atoms with Crippen LogP contribution in [0, 0.1) is 0 Å². The standard InChI is InChI=1S/C9H12N2O/c1-11(2)10-7-8-5-3-4-6-9(8)12/h3-7,12H,1-2H3. The minimum atomic E-state index is 0.253. The van der Waals surface area contributed by atoms with Crippen molar-refractivity contribution in [3.63, 3.8) is 0 Å². The van der Waals surface area contributed by atoms with Crippen LogP contribution in [-0.4, -0.2) is 30.4 Å². The van der Waals surface area contributed by atoms with E-state index in [-0.39, 0.29) is 5.75 Å². The van der Waals surface area contributed by atoms with E-state index in [1.54, 1.807) is 23.4 Å². The fraction of sp³-hybridized carbons (Fsp3) is 0.222. The molecule has 0 unspecified atom stereocenters. The number of rotatable bonds is 2. The molecule has 0 amide bonds. The zero-order chi connectivity index (χ0) is 8.97. The SMILES string of the molecule is CN(C)N=Cc1ccccc1O. The zero-order valence-corrected chi connectivity index (χ0v) is 7.23. The molecule has 1 rings (SSSR count). The van der Waals surface area contributed by atoms with Gasteiger partial charge in [-0.3, -0.25) is 0 Å². The predicted molar refractivity (Wildman–Crippen MR) is 49.4 cm³/mol. The molecule has 0 atom stereocenters. The van der Waals surface area contributed by atoms with Gasteiger partial charge in [-0.2, -0.15) is 5.10 Å². The summed E-state index contributed by atoms with van der Waals surface area (Å²) in [5.74, 6) is 0.253. The molecule has 0 aliphatic rings. The summed E-state index contributed by atoms with van der Waals surface area (Å²) in [6.07, 6.45) is 1.62. The Balaban J connectivity index is 2.82. The summed E-state index contributed by atoms with van der Waals surface area (Å²) in [6, 6.07) is 7.08. The van der Waals surface area contributed by atoms with Gasteiger partial charge in [0.1, 0.15) is 5.75 Å². The number of hydrogen-bond donors (Lipinski definition) is 1. The first-order valence-corrected chi connectivity index (χ1v) is 3.69. The summed E-state index contributed by atoms with van der Waals surface area (Å²) in [6.45, 7) is 0. The summed E-state index contributed by atoms with van der Waals surface area (Å²) in [4.78, 5) is 0. The summed E-state index contributed by atoms with van der Waals surface area (Å²) < 4.78 is 0. The highest BCUT2D eigenvalue weighted by molar-refractivity contribution is 5.82. The van der Waals surface area contributed by atoms with Gasteiger partial charge in [-0.15, -0.1) is 0 Å². The van der Waals surface area contributed by atoms with Crippen LogP contribution in [0.5, 0.6) is 5.75 Å². The number of hydrogen-bond acceptors (Lipinski definition) is 3. The number of phenols is 1. The van der Waals surface area contributed by atoms with E-state index >= 15 is 0 Å². The van der Waals surface area contributed by atoms with Crippen molar-refractivity contribution in [1.29, 1.82) is 0 Å². The molecule has 0 bridgehead atoms. The molecule has 1 N–H and O–H groups in total. The van der Waals surface area contributed by atoms with E-state index in [0.717, 1.165) is 5.56 Å². The molecule has 12 heavy (non-hydrogen) atoms. The van der Waals surface area contributed by atoms with Gasteiger partial charge >= 0.3 is 0 Å². The first-order chi connectivity index (χ1) is 5.70. The highest BCUT2D eigenvalue weighted by atomic mass is 16.3. The van der Waals surface area contributed by atoms with Crippen molar-refractivity contribution >= 4 is 6.21 Å². The Morgan fingerprint density at radius 1 is 1.33 bits per heavy atom. The lowest BCUT2D eigenvalue weighted by Gasteiger charge is -2.02. The van der Waals surface area contributed by atoms with Gasteiger partial charge in [0.25, 0.3) is 0 Å². The summed E-state index contributed by atoms with van der Waals surface area (Å²) in [7, 11) is 3.66. The van der Waals surface area contributed by atoms with Crippen LogP contribution in [-0.2, 0) is 0 Å². The molecule has 64 valence electrons. The van der Waals surface area contributed by atoms with Gasteiger partial charge in [-0.05, 0) is 12.1 Å². The van der Waals surface area contributed by atoms with Crippen molar-refractivity contribution in [3.8, 4) is 5.75 Å². The topological polar surface area (TPSA) is 35.8 Å². The monoisotopic (exact) mass is 164 g/mol. The number of hydrazone groups is 1. The first-order valence-electron chi connectivity index (χ1n) is 3.69. The van der Waals surface area contributed by atoms with Gasteiger partial charge < -0.3 is 10.1 Å². The van der Waals surface area contributed by atoms with Crippen LogP contribution in [0.1, 0.15) is 5.56 Å². The van der Waals surface area contributed by atoms with E-state index in [1.807, 2.05) is 26.2 Å². The maximum absolute atomic E-state index is 9.31. The molecule has 3 heteroatoms. The Morgan fingerprint density at radius 3 is 2.58 bits per heavy atom. The average Bonchev–Trinajstić information content (AvgIpc) is 2.03. The van der Waals surface area contributed by atoms with Crippen LogP contribution < -0.4 is 0 Å². The molecule has 0 saturated heterocycles. The molecule has 0 fully saturated rings. The predicted octanol–water partition coefficient (Wildman–Crippen LogP) is 1.29. The van der Waals surface area contributed by atoms with Crippen molar-refractivity contribution in [2.75, 3.05) is 14.1 Å². The third kappa shape index (κ3) is 2.27. The van der Waals surface area contributed by atoms with Gasteiger partial charge in [0.15, 0.2) is 0 Å². The van der Waals surface area contributed by atoms with Gasteiger partial charge in [-0.25, -0.2) is 0 Å². The summed E-state index contributed by atoms with van der Waals surface area (Å²) in [5, 5.41) is 15.0. The van der Waals surface area contributed by atoms with Crippen molar-refractivity contribution in [2.45, 2.75) is 0 Å². The molecule has 1 aromatic carbocycles. The molecule has 3 nitrogen and oxygen atoms in total. The van der Waals surface area contributed by atoms with E-state index in [2.05, 4.69) is 5.10 Å². The van der Waals surface area contributed by atoms with E-state index in [9.17, 15) is 5.11 Å². The number of phenolic OH excluding ortho intramolecular Hbond substituents is 1. The second-order valence-electron chi connectivity index (χ2n) is 2.65. The lowest BCUT2D eigenvalue weighted by Crippen LogP contribution is -2.01. The Morgan fingerprint density at radius 2 is 2.00 bits per heavy atom. The van der Waals surface area contributed by atoms with Gasteiger partial charge in [0.2, 0.25) is 0 Å². The highest BCUT2D eigenvalue weighted by Crippen LogP contribution is 2.12. The van der Waals surface area contributed by atoms with Gasteiger partial charge in [0, 0.05) is 19.7 Å². The average molecular weight is 164 g/mol. The van der Waals surface area contributed by atoms with Gasteiger partial charge in [0.05, 0.1) is 6.21 Å². The normalized spacial score (nSPS) is 10.5. The van der Waals surface area contributed by atoms with Crippen molar-refractivity contribution < 1.29 is 5.11 Å². The molecule has 0 spiro atoms. The molecule has 1 aromatic rings. The molecule has 0 aromatic heterocycles. The highest BCUT2D eigenvalue weighted by Gasteiger charge is 1.93. The smallest absolute Gasteiger partial charge is 0.124 e. The van der Waals surface area contributed by atoms with Crippen LogP contribution in [0.3, 0.4) is 0 Å². The first kappa shape index (κ1) is 8.59. The van der Waals surface area contributed by atoms with Crippen molar-refractivity contribution in [3.05, 3.63) is 29.8 Å². The molecule has 0 radical (unpaired) electrons. The molecular weight excluding hydrogens is 152 g/mol. The molecular formula is C9H12N2O. The van der Waals surface area contributed by atoms with Crippen LogP contribution >= 0.6 is 0 Å². The van der Waals surface area contributed by atoms with Crippen LogP contribution in [0.15, 0.2) is 29.4 Å². The second-order valence-corrected chi connectivity index (χ2v) is 2.65. The second kappa shape index (κ2) is 3.76. The Hall–Kier alpha value is -1.51. The van der Waals surface area contributed by atoms with Crippen LogP contribution in [0.4, 0.5) is 0 Å². The lowest BCUT2D eigenvalue weighted by atomic mass is 10.2. The Bertz CT molecular complexity index is 282. The fourth-order valence-electron chi connectivity index (χ4n) is 0.774. The van der Waals surface area contributed by atoms with Crippen molar-refractivity contribution in [1.82, 2.24) is 5.01 Å². The summed E-state index contributed by atoms with van der Waals surface area (Å²) >= 11 is 0. The lowest BCUT2D eigenvalue weighted by molar-refractivity contribution is 0.439. The Labute approximate surface area is 71.9 Å². The maximum Gasteiger partial charge on any atom is 0.124 e. The number of aromatic hydroxyl groups is 1. The minimum Gasteiger partial charge on any atom is -0.507 e. The molecule has 0 aliphatic heterocycles. The van der Waals surface area contributed by atoms with Gasteiger partial charge in [-0.1, -0.05) is 12.1 Å². The third-order valence-corrected chi connectivity index (χ3v) is 1.36. The minimum absolute atomic E-state index is 0.253. The van der Waals surface area contributed by atoms with E-state index in [4.69, 9.17) is 0 Å². The number of benzene rings is 1. The zero-order valence-electron chi connectivity index (χ0n) is 7.23. The third-order valence-electron chi connectivity index (χ3n) is 1.36. The van der Waals surface area contributed by atoms with Crippen LogP contribution in [0.2, 0.25) is 0 Å². The van der Waals surface area contributed by atoms with E-state index in [0.29, 0.717) is 0 Å². The fourth-order valence-corrected chi connectivity index (χ4v) is 0.774. The number of para-hydroxylation sites is 1. The Kier molecular flexibility index (Phi) is 2.69. The quantitative estimate of drug-likeness (QED) is 0.528. The number of nitrogens with zero attached hydrogens (tertiary/aromatic N) is 2.